The fraction of sp³-hybridized carbons (Fsp3) is 0.650. The number of rotatable bonds is 2. The molecule has 5 heteroatoms. The fourth-order valence-electron chi connectivity index (χ4n) is 3.47. The molecule has 2 heterocycles. The molecule has 0 saturated carbocycles. The average Bonchev–Trinajstić information content (AvgIpc) is 2.53. The van der Waals surface area contributed by atoms with Gasteiger partial charge >= 0.3 is 6.09 Å². The summed E-state index contributed by atoms with van der Waals surface area (Å²) in [4.78, 5) is 16.7. The SMILES string of the molecule is CC1Cc2cc(CN3CCOCC3)ccc2CN1C(=O)OC(C)(C)C. The third-order valence-corrected chi connectivity index (χ3v) is 4.80. The van der Waals surface area contributed by atoms with Gasteiger partial charge in [-0.3, -0.25) is 4.90 Å². The van der Waals surface area contributed by atoms with Crippen LogP contribution in [0.25, 0.3) is 0 Å². The first-order valence-electron chi connectivity index (χ1n) is 9.22. The summed E-state index contributed by atoms with van der Waals surface area (Å²) in [6.07, 6.45) is 0.661. The Balaban J connectivity index is 1.68. The predicted molar refractivity (Wildman–Crippen MR) is 97.5 cm³/mol. The molecule has 1 aromatic carbocycles. The van der Waals surface area contributed by atoms with Crippen molar-refractivity contribution in [1.29, 1.82) is 0 Å². The van der Waals surface area contributed by atoms with Crippen LogP contribution in [0.2, 0.25) is 0 Å². The molecule has 25 heavy (non-hydrogen) atoms. The lowest BCUT2D eigenvalue weighted by atomic mass is 9.93. The van der Waals surface area contributed by atoms with Gasteiger partial charge in [0.25, 0.3) is 0 Å². The number of morpholine rings is 1. The highest BCUT2D eigenvalue weighted by molar-refractivity contribution is 5.69. The van der Waals surface area contributed by atoms with E-state index in [2.05, 4.69) is 30.0 Å². The zero-order chi connectivity index (χ0) is 18.0. The summed E-state index contributed by atoms with van der Waals surface area (Å²) in [5.41, 5.74) is 3.48. The molecule has 3 rings (SSSR count). The molecule has 0 aromatic heterocycles. The topological polar surface area (TPSA) is 42.0 Å². The number of hydrogen-bond acceptors (Lipinski definition) is 4. The van der Waals surface area contributed by atoms with E-state index in [-0.39, 0.29) is 12.1 Å². The fourth-order valence-corrected chi connectivity index (χ4v) is 3.47. The molecule has 1 unspecified atom stereocenters. The number of ether oxygens (including phenoxy) is 2. The van der Waals surface area contributed by atoms with Crippen LogP contribution in [0, 0.1) is 0 Å². The van der Waals surface area contributed by atoms with E-state index in [1.807, 2.05) is 25.7 Å². The second-order valence-corrected chi connectivity index (χ2v) is 8.15. The largest absolute Gasteiger partial charge is 0.444 e. The maximum atomic E-state index is 12.4. The highest BCUT2D eigenvalue weighted by Crippen LogP contribution is 2.26. The van der Waals surface area contributed by atoms with Crippen molar-refractivity contribution in [2.45, 2.75) is 58.8 Å². The van der Waals surface area contributed by atoms with Gasteiger partial charge in [-0.25, -0.2) is 4.79 Å². The molecule has 1 fully saturated rings. The van der Waals surface area contributed by atoms with Crippen molar-refractivity contribution >= 4 is 6.09 Å². The zero-order valence-corrected chi connectivity index (χ0v) is 15.9. The molecule has 5 nitrogen and oxygen atoms in total. The number of nitrogens with zero attached hydrogens (tertiary/aromatic N) is 2. The standard InChI is InChI=1S/C20H30N2O3/c1-15-11-18-12-16(13-21-7-9-24-10-8-21)5-6-17(18)14-22(15)19(23)25-20(2,3)4/h5-6,12,15H,7-11,13-14H2,1-4H3. The van der Waals surface area contributed by atoms with E-state index in [4.69, 9.17) is 9.47 Å². The Labute approximate surface area is 150 Å². The number of carbonyl (C=O) groups excluding carboxylic acids is 1. The summed E-state index contributed by atoms with van der Waals surface area (Å²) in [5.74, 6) is 0. The van der Waals surface area contributed by atoms with Crippen LogP contribution in [0.5, 0.6) is 0 Å². The molecule has 2 aliphatic heterocycles. The first kappa shape index (κ1) is 18.2. The minimum atomic E-state index is -0.459. The molecule has 0 aliphatic carbocycles. The molecule has 0 spiro atoms. The Hall–Kier alpha value is -1.59. The Kier molecular flexibility index (Phi) is 5.35. The number of amides is 1. The van der Waals surface area contributed by atoms with Crippen LogP contribution in [0.1, 0.15) is 44.4 Å². The van der Waals surface area contributed by atoms with Gasteiger partial charge in [-0.1, -0.05) is 18.2 Å². The third kappa shape index (κ3) is 4.73. The van der Waals surface area contributed by atoms with Crippen molar-refractivity contribution in [3.05, 3.63) is 34.9 Å². The molecule has 0 N–H and O–H groups in total. The summed E-state index contributed by atoms with van der Waals surface area (Å²) in [7, 11) is 0. The van der Waals surface area contributed by atoms with Crippen LogP contribution >= 0.6 is 0 Å². The Morgan fingerprint density at radius 1 is 1.24 bits per heavy atom. The Bertz CT molecular complexity index is 618. The number of carbonyl (C=O) groups is 1. The van der Waals surface area contributed by atoms with Crippen molar-refractivity contribution in [3.8, 4) is 0 Å². The van der Waals surface area contributed by atoms with E-state index in [9.17, 15) is 4.79 Å². The maximum absolute atomic E-state index is 12.4. The summed E-state index contributed by atoms with van der Waals surface area (Å²) >= 11 is 0. The molecular weight excluding hydrogens is 316 g/mol. The molecule has 1 aromatic rings. The number of benzene rings is 1. The average molecular weight is 346 g/mol. The smallest absolute Gasteiger partial charge is 0.410 e. The minimum absolute atomic E-state index is 0.154. The Morgan fingerprint density at radius 2 is 1.96 bits per heavy atom. The predicted octanol–water partition coefficient (Wildman–Crippen LogP) is 3.20. The van der Waals surface area contributed by atoms with Crippen molar-refractivity contribution in [3.63, 3.8) is 0 Å². The lowest BCUT2D eigenvalue weighted by molar-refractivity contribution is 0.0138. The van der Waals surface area contributed by atoms with Crippen LogP contribution in [-0.2, 0) is 29.0 Å². The Morgan fingerprint density at radius 3 is 2.64 bits per heavy atom. The first-order chi connectivity index (χ1) is 11.8. The molecule has 1 atom stereocenters. The van der Waals surface area contributed by atoms with E-state index in [1.54, 1.807) is 0 Å². The minimum Gasteiger partial charge on any atom is -0.444 e. The van der Waals surface area contributed by atoms with E-state index >= 15 is 0 Å². The lowest BCUT2D eigenvalue weighted by Gasteiger charge is -2.36. The van der Waals surface area contributed by atoms with Crippen molar-refractivity contribution in [2.24, 2.45) is 0 Å². The van der Waals surface area contributed by atoms with Crippen molar-refractivity contribution in [1.82, 2.24) is 9.80 Å². The van der Waals surface area contributed by atoms with Crippen LogP contribution in [0.4, 0.5) is 4.79 Å². The van der Waals surface area contributed by atoms with Crippen LogP contribution in [-0.4, -0.2) is 53.8 Å². The molecule has 138 valence electrons. The quantitative estimate of drug-likeness (QED) is 0.825. The van der Waals surface area contributed by atoms with Crippen LogP contribution in [0.15, 0.2) is 18.2 Å². The monoisotopic (exact) mass is 346 g/mol. The molecule has 1 amide bonds. The van der Waals surface area contributed by atoms with Gasteiger partial charge in [0.1, 0.15) is 5.60 Å². The van der Waals surface area contributed by atoms with Gasteiger partial charge in [0, 0.05) is 32.2 Å². The van der Waals surface area contributed by atoms with E-state index < -0.39 is 5.60 Å². The highest BCUT2D eigenvalue weighted by atomic mass is 16.6. The highest BCUT2D eigenvalue weighted by Gasteiger charge is 2.30. The van der Waals surface area contributed by atoms with Crippen LogP contribution in [0.3, 0.4) is 0 Å². The van der Waals surface area contributed by atoms with Crippen LogP contribution < -0.4 is 0 Å². The second-order valence-electron chi connectivity index (χ2n) is 8.15. The summed E-state index contributed by atoms with van der Waals surface area (Å²) in [6.45, 7) is 13.1. The van der Waals surface area contributed by atoms with Gasteiger partial charge in [0.05, 0.1) is 13.2 Å². The molecule has 0 bridgehead atoms. The van der Waals surface area contributed by atoms with Gasteiger partial charge < -0.3 is 14.4 Å². The van der Waals surface area contributed by atoms with E-state index in [0.29, 0.717) is 6.54 Å². The summed E-state index contributed by atoms with van der Waals surface area (Å²) < 4.78 is 11.0. The number of fused-ring (bicyclic) bond motifs is 1. The third-order valence-electron chi connectivity index (χ3n) is 4.80. The van der Waals surface area contributed by atoms with Gasteiger partial charge in [0.2, 0.25) is 0 Å². The zero-order valence-electron chi connectivity index (χ0n) is 15.9. The molecule has 2 aliphatic rings. The molecule has 1 saturated heterocycles. The van der Waals surface area contributed by atoms with Gasteiger partial charge in [-0.15, -0.1) is 0 Å². The van der Waals surface area contributed by atoms with Gasteiger partial charge in [-0.2, -0.15) is 0 Å². The van der Waals surface area contributed by atoms with Crippen molar-refractivity contribution in [2.75, 3.05) is 26.3 Å². The lowest BCUT2D eigenvalue weighted by Crippen LogP contribution is -2.45. The number of hydrogen-bond donors (Lipinski definition) is 0. The second kappa shape index (κ2) is 7.34. The maximum Gasteiger partial charge on any atom is 0.410 e. The van der Waals surface area contributed by atoms with E-state index in [0.717, 1.165) is 39.3 Å². The normalized spacial score (nSPS) is 21.8. The molecule has 0 radical (unpaired) electrons. The first-order valence-corrected chi connectivity index (χ1v) is 9.22. The van der Waals surface area contributed by atoms with Gasteiger partial charge in [0.15, 0.2) is 0 Å². The van der Waals surface area contributed by atoms with Gasteiger partial charge in [-0.05, 0) is 50.8 Å². The van der Waals surface area contributed by atoms with Crippen molar-refractivity contribution < 1.29 is 14.3 Å². The summed E-state index contributed by atoms with van der Waals surface area (Å²) in [6, 6.07) is 6.83. The molecular formula is C20H30N2O3. The summed E-state index contributed by atoms with van der Waals surface area (Å²) in [5, 5.41) is 0. The van der Waals surface area contributed by atoms with E-state index in [1.165, 1.54) is 16.7 Å².